The zero-order chi connectivity index (χ0) is 38.5. The molecule has 3 aromatic carbocycles. The maximum Gasteiger partial charge on any atom is 0.262 e. The molecule has 2 fully saturated rings. The van der Waals surface area contributed by atoms with E-state index in [1.54, 1.807) is 36.4 Å². The van der Waals surface area contributed by atoms with E-state index in [-0.39, 0.29) is 47.4 Å². The lowest BCUT2D eigenvalue weighted by atomic mass is 9.96. The molecule has 0 bridgehead atoms. The van der Waals surface area contributed by atoms with E-state index in [0.717, 1.165) is 42.0 Å². The smallest absolute Gasteiger partial charge is 0.262 e. The lowest BCUT2D eigenvalue weighted by molar-refractivity contribution is -0.136. The van der Waals surface area contributed by atoms with Gasteiger partial charge in [-0.25, -0.2) is 0 Å². The maximum atomic E-state index is 13.1. The summed E-state index contributed by atoms with van der Waals surface area (Å²) < 4.78 is 11.8. The minimum atomic E-state index is -1.02. The van der Waals surface area contributed by atoms with Crippen LogP contribution in [0.4, 0.5) is 5.82 Å². The zero-order valence-corrected chi connectivity index (χ0v) is 30.0. The first-order chi connectivity index (χ1) is 26.6. The predicted molar refractivity (Wildman–Crippen MR) is 199 cm³/mol. The number of phenols is 1. The van der Waals surface area contributed by atoms with Crippen LogP contribution in [0.1, 0.15) is 57.5 Å². The molecule has 2 saturated heterocycles. The second kappa shape index (κ2) is 16.3. The fourth-order valence-corrected chi connectivity index (χ4v) is 7.01. The number of fused-ring (bicyclic) bond motifs is 1. The van der Waals surface area contributed by atoms with Crippen LogP contribution in [0.15, 0.2) is 72.8 Å². The van der Waals surface area contributed by atoms with Crippen molar-refractivity contribution >= 4 is 35.4 Å². The average Bonchev–Trinajstić information content (AvgIpc) is 3.43. The molecule has 0 radical (unpaired) electrons. The molecule has 5 N–H and O–H groups in total. The summed E-state index contributed by atoms with van der Waals surface area (Å²) in [4.78, 5) is 66.0. The number of rotatable bonds is 13. The third-order valence-electron chi connectivity index (χ3n) is 10.1. The second-order valence-corrected chi connectivity index (χ2v) is 13.7. The highest BCUT2D eigenvalue weighted by atomic mass is 16.5. The molecule has 4 heterocycles. The molecule has 284 valence electrons. The summed E-state index contributed by atoms with van der Waals surface area (Å²) in [7, 11) is 0. The van der Waals surface area contributed by atoms with Gasteiger partial charge in [-0.15, -0.1) is 10.2 Å². The summed E-state index contributed by atoms with van der Waals surface area (Å²) in [6.45, 7) is 3.26. The number of anilines is 1. The first kappa shape index (κ1) is 37.0. The van der Waals surface area contributed by atoms with Crippen molar-refractivity contribution in [1.82, 2.24) is 30.6 Å². The number of likely N-dealkylation sites (tertiary alicyclic amines) is 1. The number of hydrogen-bond acceptors (Lipinski definition) is 12. The van der Waals surface area contributed by atoms with Crippen LogP contribution in [-0.4, -0.2) is 93.5 Å². The Balaban J connectivity index is 0.804. The molecule has 5 amide bonds. The van der Waals surface area contributed by atoms with Crippen LogP contribution in [0, 0.1) is 5.92 Å². The topological polar surface area (TPSA) is 206 Å². The van der Waals surface area contributed by atoms with E-state index in [2.05, 4.69) is 25.7 Å². The van der Waals surface area contributed by atoms with Crippen LogP contribution in [0.5, 0.6) is 17.2 Å². The number of hydrogen-bond donors (Lipinski definition) is 4. The average molecular weight is 748 g/mol. The van der Waals surface area contributed by atoms with Gasteiger partial charge < -0.3 is 25.6 Å². The number of aromatic nitrogens is 2. The van der Waals surface area contributed by atoms with Gasteiger partial charge in [-0.05, 0) is 73.8 Å². The summed E-state index contributed by atoms with van der Waals surface area (Å²) in [5.74, 6) is -1.17. The minimum Gasteiger partial charge on any atom is -0.507 e. The number of aromatic hydroxyl groups is 1. The third-order valence-corrected chi connectivity index (χ3v) is 10.1. The maximum absolute atomic E-state index is 13.1. The van der Waals surface area contributed by atoms with Crippen LogP contribution in [0.2, 0.25) is 0 Å². The van der Waals surface area contributed by atoms with Gasteiger partial charge in [0.1, 0.15) is 29.8 Å². The first-order valence-corrected chi connectivity index (χ1v) is 18.3. The number of para-hydroxylation sites is 1. The quantitative estimate of drug-likeness (QED) is 0.146. The fourth-order valence-electron chi connectivity index (χ4n) is 7.01. The zero-order valence-electron chi connectivity index (χ0n) is 30.0. The number of carbonyl (C=O) groups excluding carboxylic acids is 5. The number of nitrogens with zero attached hydrogens (tertiary/aromatic N) is 4. The Morgan fingerprint density at radius 1 is 0.855 bits per heavy atom. The van der Waals surface area contributed by atoms with E-state index in [1.807, 2.05) is 24.3 Å². The molecule has 4 aromatic rings. The number of phenolic OH excluding ortho intramolecular Hbond substituents is 1. The van der Waals surface area contributed by atoms with Gasteiger partial charge in [0.15, 0.2) is 11.6 Å². The number of benzene rings is 3. The van der Waals surface area contributed by atoms with Gasteiger partial charge in [0, 0.05) is 43.5 Å². The molecule has 7 rings (SSSR count). The highest BCUT2D eigenvalue weighted by Crippen LogP contribution is 2.32. The van der Waals surface area contributed by atoms with Gasteiger partial charge in [-0.3, -0.25) is 39.1 Å². The number of amides is 5. The van der Waals surface area contributed by atoms with E-state index < -0.39 is 29.7 Å². The largest absolute Gasteiger partial charge is 0.507 e. The van der Waals surface area contributed by atoms with Gasteiger partial charge in [-0.1, -0.05) is 36.4 Å². The molecule has 3 aliphatic rings. The molecule has 1 unspecified atom stereocenters. The van der Waals surface area contributed by atoms with E-state index in [1.165, 1.54) is 12.1 Å². The number of carbonyl (C=O) groups is 5. The first-order valence-electron chi connectivity index (χ1n) is 18.3. The Bertz CT molecular complexity index is 2120. The van der Waals surface area contributed by atoms with Crippen LogP contribution >= 0.6 is 0 Å². The molecule has 0 saturated carbocycles. The highest BCUT2D eigenvalue weighted by Gasteiger charge is 2.44. The number of nitrogens with one attached hydrogen (secondary N) is 2. The summed E-state index contributed by atoms with van der Waals surface area (Å²) in [6.07, 6.45) is 2.23. The number of nitrogen functional groups attached to an aromatic ring is 1. The highest BCUT2D eigenvalue weighted by molar-refractivity contribution is 6.23. The Kier molecular flexibility index (Phi) is 11.0. The van der Waals surface area contributed by atoms with Crippen LogP contribution < -0.4 is 25.8 Å². The molecule has 15 nitrogen and oxygen atoms in total. The van der Waals surface area contributed by atoms with Gasteiger partial charge >= 0.3 is 0 Å². The Hall–Kier alpha value is -6.35. The van der Waals surface area contributed by atoms with Gasteiger partial charge in [0.25, 0.3) is 11.8 Å². The number of imide groups is 2. The van der Waals surface area contributed by atoms with Crippen molar-refractivity contribution < 1.29 is 38.6 Å². The predicted octanol–water partition coefficient (Wildman–Crippen LogP) is 2.86. The van der Waals surface area contributed by atoms with Crippen molar-refractivity contribution in [2.75, 3.05) is 38.6 Å². The van der Waals surface area contributed by atoms with Crippen molar-refractivity contribution in [1.29, 1.82) is 0 Å². The van der Waals surface area contributed by atoms with Crippen LogP contribution in [0.3, 0.4) is 0 Å². The summed E-state index contributed by atoms with van der Waals surface area (Å²) in [6, 6.07) is 20.1. The standard InChI is InChI=1S/C40H41N7O8/c41-36-34(22-31(44-45-36)29-3-1-2-4-33(29)48)55-19-15-24-5-7-25(8-6-24)23-42-37(50)26-13-16-46(17-14-26)18-20-54-27-9-10-28-30(21-27)40(53)47(39(28)52)32-11-12-35(49)43-38(32)51/h1-10,21-22,26,32,48H,11-20,23H2,(H2,41,45)(H,42,50)(H,43,49,51). The van der Waals surface area contributed by atoms with E-state index in [0.29, 0.717) is 55.5 Å². The molecule has 0 spiro atoms. The van der Waals surface area contributed by atoms with E-state index in [9.17, 15) is 29.1 Å². The third kappa shape index (κ3) is 8.41. The van der Waals surface area contributed by atoms with E-state index >= 15 is 0 Å². The fraction of sp³-hybridized carbons (Fsp3) is 0.325. The SMILES string of the molecule is Nc1nnc(-c2ccccc2O)cc1OCCc1ccc(CNC(=O)C2CCN(CCOc3ccc4c(c3)C(=O)N(C3CCC(=O)NC3=O)C4=O)CC2)cc1. The molecular weight excluding hydrogens is 706 g/mol. The molecule has 55 heavy (non-hydrogen) atoms. The second-order valence-electron chi connectivity index (χ2n) is 13.7. The Labute approximate surface area is 316 Å². The van der Waals surface area contributed by atoms with Crippen LogP contribution in [0.25, 0.3) is 11.3 Å². The van der Waals surface area contributed by atoms with Crippen molar-refractivity contribution in [2.24, 2.45) is 5.92 Å². The molecule has 15 heteroatoms. The normalized spacial score (nSPS) is 17.5. The summed E-state index contributed by atoms with van der Waals surface area (Å²) in [5, 5.41) is 23.5. The van der Waals surface area contributed by atoms with Crippen molar-refractivity contribution in [3.8, 4) is 28.5 Å². The molecule has 1 aromatic heterocycles. The van der Waals surface area contributed by atoms with Gasteiger partial charge in [0.05, 0.1) is 17.7 Å². The van der Waals surface area contributed by atoms with Gasteiger partial charge in [0.2, 0.25) is 17.7 Å². The monoisotopic (exact) mass is 747 g/mol. The van der Waals surface area contributed by atoms with E-state index in [4.69, 9.17) is 15.2 Å². The Morgan fingerprint density at radius 2 is 1.60 bits per heavy atom. The summed E-state index contributed by atoms with van der Waals surface area (Å²) >= 11 is 0. The van der Waals surface area contributed by atoms with Crippen molar-refractivity contribution in [3.63, 3.8) is 0 Å². The number of ether oxygens (including phenoxy) is 2. The molecule has 3 aliphatic heterocycles. The van der Waals surface area contributed by atoms with Crippen molar-refractivity contribution in [3.05, 3.63) is 95.1 Å². The summed E-state index contributed by atoms with van der Waals surface area (Å²) in [5.41, 5.74) is 9.39. The minimum absolute atomic E-state index is 0.0313. The van der Waals surface area contributed by atoms with Crippen molar-refractivity contribution in [2.45, 2.75) is 44.7 Å². The van der Waals surface area contributed by atoms with Gasteiger partial charge in [-0.2, -0.15) is 0 Å². The van der Waals surface area contributed by atoms with Crippen LogP contribution in [-0.2, 0) is 27.3 Å². The molecular formula is C40H41N7O8. The number of nitrogens with two attached hydrogens (primary N) is 1. The molecule has 1 atom stereocenters. The lowest BCUT2D eigenvalue weighted by Gasteiger charge is -2.31. The Morgan fingerprint density at radius 3 is 2.36 bits per heavy atom. The lowest BCUT2D eigenvalue weighted by Crippen LogP contribution is -2.54. The molecule has 0 aliphatic carbocycles. The number of piperidine rings is 2.